The molecular formula is C41H24N4S. The van der Waals surface area contributed by atoms with Gasteiger partial charge in [0.15, 0.2) is 11.5 Å². The van der Waals surface area contributed by atoms with Gasteiger partial charge in [-0.2, -0.15) is 0 Å². The number of hydrogen-bond donors (Lipinski definition) is 0. The molecule has 0 unspecified atom stereocenters. The van der Waals surface area contributed by atoms with Crippen molar-refractivity contribution >= 4 is 75.1 Å². The van der Waals surface area contributed by atoms with E-state index in [9.17, 15) is 0 Å². The maximum Gasteiger partial charge on any atom is 0.163 e. The molecule has 10 aromatic rings. The topological polar surface area (TPSA) is 43.6 Å². The van der Waals surface area contributed by atoms with Gasteiger partial charge in [-0.25, -0.2) is 15.0 Å². The zero-order valence-electron chi connectivity index (χ0n) is 24.6. The summed E-state index contributed by atoms with van der Waals surface area (Å²) in [6, 6.07) is 49.3. The van der Waals surface area contributed by atoms with Crippen molar-refractivity contribution in [2.45, 2.75) is 0 Å². The molecule has 214 valence electrons. The highest BCUT2D eigenvalue weighted by Gasteiger charge is 2.22. The first kappa shape index (κ1) is 25.4. The molecule has 4 nitrogen and oxygen atoms in total. The number of para-hydroxylation sites is 1. The summed E-state index contributed by atoms with van der Waals surface area (Å²) in [5, 5.41) is 8.65. The Labute approximate surface area is 267 Å². The molecule has 0 aliphatic rings. The van der Waals surface area contributed by atoms with Gasteiger partial charge in [0.25, 0.3) is 0 Å². The molecular weight excluding hydrogens is 581 g/mol. The van der Waals surface area contributed by atoms with E-state index in [1.165, 1.54) is 52.8 Å². The van der Waals surface area contributed by atoms with Crippen LogP contribution in [-0.4, -0.2) is 19.5 Å². The van der Waals surface area contributed by atoms with Gasteiger partial charge >= 0.3 is 0 Å². The summed E-state index contributed by atoms with van der Waals surface area (Å²) in [6.45, 7) is 0. The fourth-order valence-corrected chi connectivity index (χ4v) is 8.33. The van der Waals surface area contributed by atoms with E-state index in [4.69, 9.17) is 9.97 Å². The Hall–Kier alpha value is -5.91. The third-order valence-corrected chi connectivity index (χ3v) is 10.2. The Morgan fingerprint density at radius 3 is 2.13 bits per heavy atom. The SMILES string of the molecule is c1ccc(-c2nc(-c3cccc(-n4c5ccccc5c5c6c7ccccc7sc6c6ccccc6c54)c3)nc3ncccc23)cc1. The largest absolute Gasteiger partial charge is 0.309 e. The Kier molecular flexibility index (Phi) is 5.41. The first-order chi connectivity index (χ1) is 22.8. The monoisotopic (exact) mass is 604 g/mol. The summed E-state index contributed by atoms with van der Waals surface area (Å²) in [5.41, 5.74) is 7.02. The van der Waals surface area contributed by atoms with E-state index in [1.54, 1.807) is 6.20 Å². The molecule has 6 aromatic carbocycles. The van der Waals surface area contributed by atoms with Crippen LogP contribution in [-0.2, 0) is 0 Å². The number of pyridine rings is 1. The quantitative estimate of drug-likeness (QED) is 0.201. The van der Waals surface area contributed by atoms with Crippen LogP contribution in [0.5, 0.6) is 0 Å². The van der Waals surface area contributed by atoms with Gasteiger partial charge in [-0.3, -0.25) is 0 Å². The minimum Gasteiger partial charge on any atom is -0.309 e. The van der Waals surface area contributed by atoms with Gasteiger partial charge < -0.3 is 4.57 Å². The number of nitrogens with zero attached hydrogens (tertiary/aromatic N) is 4. The second-order valence-electron chi connectivity index (χ2n) is 11.6. The van der Waals surface area contributed by atoms with E-state index in [0.717, 1.165) is 27.9 Å². The lowest BCUT2D eigenvalue weighted by Crippen LogP contribution is -1.98. The van der Waals surface area contributed by atoms with E-state index >= 15 is 0 Å². The van der Waals surface area contributed by atoms with Gasteiger partial charge in [0, 0.05) is 70.1 Å². The first-order valence-electron chi connectivity index (χ1n) is 15.4. The van der Waals surface area contributed by atoms with E-state index in [0.29, 0.717) is 11.5 Å². The maximum atomic E-state index is 5.15. The fourth-order valence-electron chi connectivity index (χ4n) is 7.08. The van der Waals surface area contributed by atoms with Crippen LogP contribution in [0.25, 0.3) is 92.1 Å². The minimum absolute atomic E-state index is 0.656. The number of hydrogen-bond acceptors (Lipinski definition) is 4. The van der Waals surface area contributed by atoms with Gasteiger partial charge in [-0.05, 0) is 36.4 Å². The molecule has 46 heavy (non-hydrogen) atoms. The van der Waals surface area contributed by atoms with E-state index in [2.05, 4.69) is 119 Å². The van der Waals surface area contributed by atoms with Crippen LogP contribution in [0.3, 0.4) is 0 Å². The second kappa shape index (κ2) is 9.80. The van der Waals surface area contributed by atoms with E-state index in [-0.39, 0.29) is 0 Å². The molecule has 0 saturated heterocycles. The lowest BCUT2D eigenvalue weighted by Gasteiger charge is -2.13. The Bertz CT molecular complexity index is 2810. The summed E-state index contributed by atoms with van der Waals surface area (Å²) in [5.74, 6) is 0.656. The molecule has 0 fully saturated rings. The van der Waals surface area contributed by atoms with Crippen molar-refractivity contribution in [1.29, 1.82) is 0 Å². The third-order valence-electron chi connectivity index (χ3n) is 9.03. The standard InChI is InChI=1S/C41H24N4S/c1-2-12-25(13-3-1)37-32-20-11-23-42-41(32)44-40(43-37)26-14-10-15-27(24-26)45-33-21-8-6-18-30(33)35-36-31-19-7-9-22-34(31)46-39(36)29-17-5-4-16-28(29)38(35)45/h1-24H. The van der Waals surface area contributed by atoms with E-state index < -0.39 is 0 Å². The smallest absolute Gasteiger partial charge is 0.163 e. The summed E-state index contributed by atoms with van der Waals surface area (Å²) in [7, 11) is 0. The molecule has 0 bridgehead atoms. The number of fused-ring (bicyclic) bond motifs is 11. The van der Waals surface area contributed by atoms with Crippen LogP contribution < -0.4 is 0 Å². The zero-order chi connectivity index (χ0) is 30.2. The highest BCUT2D eigenvalue weighted by Crippen LogP contribution is 2.48. The molecule has 0 aliphatic heterocycles. The van der Waals surface area contributed by atoms with Crippen LogP contribution in [0.4, 0.5) is 0 Å². The van der Waals surface area contributed by atoms with Crippen molar-refractivity contribution in [1.82, 2.24) is 19.5 Å². The van der Waals surface area contributed by atoms with Gasteiger partial charge in [0.05, 0.1) is 16.7 Å². The second-order valence-corrected chi connectivity index (χ2v) is 12.7. The predicted octanol–water partition coefficient (Wildman–Crippen LogP) is 11.0. The lowest BCUT2D eigenvalue weighted by atomic mass is 10.00. The van der Waals surface area contributed by atoms with Gasteiger partial charge in [-0.15, -0.1) is 11.3 Å². The zero-order valence-corrected chi connectivity index (χ0v) is 25.4. The first-order valence-corrected chi connectivity index (χ1v) is 16.2. The Morgan fingerprint density at radius 2 is 1.24 bits per heavy atom. The predicted molar refractivity (Wildman–Crippen MR) is 193 cm³/mol. The molecule has 0 atom stereocenters. The van der Waals surface area contributed by atoms with Crippen molar-refractivity contribution < 1.29 is 0 Å². The molecule has 10 rings (SSSR count). The Morgan fingerprint density at radius 1 is 0.522 bits per heavy atom. The molecule has 0 spiro atoms. The van der Waals surface area contributed by atoms with Crippen LogP contribution in [0.1, 0.15) is 0 Å². The van der Waals surface area contributed by atoms with Crippen molar-refractivity contribution in [3.05, 3.63) is 146 Å². The van der Waals surface area contributed by atoms with Gasteiger partial charge in [0.2, 0.25) is 0 Å². The summed E-state index contributed by atoms with van der Waals surface area (Å²) in [4.78, 5) is 14.7. The van der Waals surface area contributed by atoms with Crippen molar-refractivity contribution in [2.24, 2.45) is 0 Å². The highest BCUT2D eigenvalue weighted by molar-refractivity contribution is 7.27. The Balaban J connectivity index is 1.30. The molecule has 4 heterocycles. The van der Waals surface area contributed by atoms with Crippen LogP contribution in [0.15, 0.2) is 146 Å². The average molecular weight is 605 g/mol. The van der Waals surface area contributed by atoms with Crippen molar-refractivity contribution in [2.75, 3.05) is 0 Å². The van der Waals surface area contributed by atoms with Crippen LogP contribution in [0, 0.1) is 0 Å². The number of rotatable bonds is 3. The normalized spacial score (nSPS) is 11.9. The lowest BCUT2D eigenvalue weighted by molar-refractivity contribution is 1.16. The summed E-state index contributed by atoms with van der Waals surface area (Å²) < 4.78 is 5.08. The molecule has 5 heteroatoms. The molecule has 4 aromatic heterocycles. The average Bonchev–Trinajstić information content (AvgIpc) is 3.68. The molecule has 0 saturated carbocycles. The fraction of sp³-hybridized carbons (Fsp3) is 0. The summed E-state index contributed by atoms with van der Waals surface area (Å²) >= 11 is 1.89. The third kappa shape index (κ3) is 3.63. The van der Waals surface area contributed by atoms with Crippen molar-refractivity contribution in [3.63, 3.8) is 0 Å². The maximum absolute atomic E-state index is 5.15. The van der Waals surface area contributed by atoms with Crippen molar-refractivity contribution in [3.8, 4) is 28.3 Å². The highest BCUT2D eigenvalue weighted by atomic mass is 32.1. The van der Waals surface area contributed by atoms with E-state index in [1.807, 2.05) is 41.7 Å². The number of thiophene rings is 1. The molecule has 0 N–H and O–H groups in total. The van der Waals surface area contributed by atoms with Gasteiger partial charge in [0.1, 0.15) is 0 Å². The molecule has 0 amide bonds. The number of aromatic nitrogens is 4. The summed E-state index contributed by atoms with van der Waals surface area (Å²) in [6.07, 6.45) is 1.79. The van der Waals surface area contributed by atoms with Gasteiger partial charge in [-0.1, -0.05) is 103 Å². The van der Waals surface area contributed by atoms with Crippen LogP contribution >= 0.6 is 11.3 Å². The minimum atomic E-state index is 0.656. The molecule has 0 radical (unpaired) electrons. The molecule has 0 aliphatic carbocycles. The number of benzene rings is 6. The van der Waals surface area contributed by atoms with Crippen LogP contribution in [0.2, 0.25) is 0 Å².